The van der Waals surface area contributed by atoms with E-state index in [9.17, 15) is 4.79 Å². The number of carbonyl (C=O) groups is 1. The first-order chi connectivity index (χ1) is 13.5. The first-order valence-electron chi connectivity index (χ1n) is 9.32. The third kappa shape index (κ3) is 5.76. The van der Waals surface area contributed by atoms with Gasteiger partial charge >= 0.3 is 5.97 Å². The molecule has 1 saturated heterocycles. The lowest BCUT2D eigenvalue weighted by Gasteiger charge is -2.42. The molecule has 28 heavy (non-hydrogen) atoms. The first-order valence-corrected chi connectivity index (χ1v) is 10.6. The second kappa shape index (κ2) is 10.3. The Morgan fingerprint density at radius 3 is 1.93 bits per heavy atom. The highest BCUT2D eigenvalue weighted by molar-refractivity contribution is 14.1. The van der Waals surface area contributed by atoms with Crippen molar-refractivity contribution in [2.75, 3.05) is 0 Å². The van der Waals surface area contributed by atoms with Gasteiger partial charge in [-0.25, -0.2) is 0 Å². The molecule has 5 atom stereocenters. The summed E-state index contributed by atoms with van der Waals surface area (Å²) >= 11 is 2.23. The van der Waals surface area contributed by atoms with E-state index in [0.29, 0.717) is 13.2 Å². The molecule has 0 spiro atoms. The van der Waals surface area contributed by atoms with Crippen LogP contribution < -0.4 is 0 Å². The zero-order chi connectivity index (χ0) is 19.9. The number of ether oxygens (including phenoxy) is 4. The van der Waals surface area contributed by atoms with Crippen molar-refractivity contribution in [1.82, 2.24) is 0 Å². The minimum atomic E-state index is -0.662. The van der Waals surface area contributed by atoms with Gasteiger partial charge in [0.15, 0.2) is 0 Å². The van der Waals surface area contributed by atoms with Crippen molar-refractivity contribution in [2.45, 2.75) is 55.6 Å². The van der Waals surface area contributed by atoms with E-state index in [2.05, 4.69) is 22.6 Å². The average Bonchev–Trinajstić information content (AvgIpc) is 2.69. The Hall–Kier alpha value is -1.48. The van der Waals surface area contributed by atoms with Crippen LogP contribution >= 0.6 is 22.6 Å². The lowest BCUT2D eigenvalue weighted by Crippen LogP contribution is -2.57. The van der Waals surface area contributed by atoms with Gasteiger partial charge in [0.25, 0.3) is 0 Å². The number of hydrogen-bond acceptors (Lipinski definition) is 5. The summed E-state index contributed by atoms with van der Waals surface area (Å²) in [6.45, 7) is 4.23. The van der Waals surface area contributed by atoms with Crippen molar-refractivity contribution in [1.29, 1.82) is 0 Å². The Kier molecular flexibility index (Phi) is 7.84. The first kappa shape index (κ1) is 21.2. The van der Waals surface area contributed by atoms with Crippen LogP contribution in [0.4, 0.5) is 0 Å². The topological polar surface area (TPSA) is 54.0 Å². The molecule has 1 aliphatic rings. The molecule has 1 heterocycles. The number of alkyl halides is 1. The van der Waals surface area contributed by atoms with E-state index < -0.39 is 6.29 Å². The lowest BCUT2D eigenvalue weighted by molar-refractivity contribution is -0.252. The standard InChI is InChI=1S/C22H25IO5/c1-15-20(25-13-17-9-5-3-6-10-17)21(19(23)22(27-15)28-16(2)24)26-14-18-11-7-4-8-12-18/h3-12,15,19-22H,13-14H2,1-2H3/t15-,19+,20-,21-,22-/m0/s1. The molecule has 1 fully saturated rings. The second-order valence-corrected chi connectivity index (χ2v) is 8.22. The number of carbonyl (C=O) groups excluding carboxylic acids is 1. The Balaban J connectivity index is 1.72. The zero-order valence-corrected chi connectivity index (χ0v) is 18.2. The number of halogens is 1. The summed E-state index contributed by atoms with van der Waals surface area (Å²) in [6, 6.07) is 20.0. The van der Waals surface area contributed by atoms with Crippen LogP contribution in [0.15, 0.2) is 60.7 Å². The summed E-state index contributed by atoms with van der Waals surface area (Å²) in [7, 11) is 0. The minimum absolute atomic E-state index is 0.192. The third-order valence-corrected chi connectivity index (χ3v) is 5.86. The van der Waals surface area contributed by atoms with Crippen LogP contribution in [-0.4, -0.2) is 34.5 Å². The number of esters is 1. The minimum Gasteiger partial charge on any atom is -0.435 e. The van der Waals surface area contributed by atoms with Crippen molar-refractivity contribution in [3.8, 4) is 0 Å². The van der Waals surface area contributed by atoms with Crippen molar-refractivity contribution in [3.05, 3.63) is 71.8 Å². The van der Waals surface area contributed by atoms with Crippen LogP contribution in [0.25, 0.3) is 0 Å². The van der Waals surface area contributed by atoms with Gasteiger partial charge in [0.05, 0.1) is 19.3 Å². The fourth-order valence-electron chi connectivity index (χ4n) is 3.17. The highest BCUT2D eigenvalue weighted by atomic mass is 127. The molecule has 0 aliphatic carbocycles. The summed E-state index contributed by atoms with van der Waals surface area (Å²) in [6.07, 6.45) is -1.50. The lowest BCUT2D eigenvalue weighted by atomic mass is 10.0. The molecule has 0 radical (unpaired) electrons. The maximum Gasteiger partial charge on any atom is 0.304 e. The van der Waals surface area contributed by atoms with Crippen LogP contribution in [0.1, 0.15) is 25.0 Å². The molecule has 0 amide bonds. The number of rotatable bonds is 7. The summed E-state index contributed by atoms with van der Waals surface area (Å²) < 4.78 is 23.6. The molecular formula is C22H25IO5. The fourth-order valence-corrected chi connectivity index (χ4v) is 4.11. The quantitative estimate of drug-likeness (QED) is 0.326. The van der Waals surface area contributed by atoms with Crippen molar-refractivity contribution in [2.24, 2.45) is 0 Å². The number of hydrogen-bond donors (Lipinski definition) is 0. The predicted molar refractivity (Wildman–Crippen MR) is 114 cm³/mol. The van der Waals surface area contributed by atoms with E-state index in [0.717, 1.165) is 11.1 Å². The summed E-state index contributed by atoms with van der Waals surface area (Å²) in [5.41, 5.74) is 2.17. The summed E-state index contributed by atoms with van der Waals surface area (Å²) in [4.78, 5) is 11.5. The van der Waals surface area contributed by atoms with Crippen molar-refractivity contribution >= 4 is 28.6 Å². The molecule has 2 aromatic rings. The monoisotopic (exact) mass is 496 g/mol. The van der Waals surface area contributed by atoms with Gasteiger partial charge in [-0.3, -0.25) is 4.79 Å². The van der Waals surface area contributed by atoms with Crippen LogP contribution in [0, 0.1) is 0 Å². The highest BCUT2D eigenvalue weighted by Gasteiger charge is 2.46. The molecule has 0 bridgehead atoms. The second-order valence-electron chi connectivity index (χ2n) is 6.79. The van der Waals surface area contributed by atoms with Gasteiger partial charge in [0, 0.05) is 6.92 Å². The molecule has 1 aliphatic heterocycles. The molecule has 0 N–H and O–H groups in total. The van der Waals surface area contributed by atoms with Gasteiger partial charge in [0.2, 0.25) is 6.29 Å². The maximum atomic E-state index is 11.5. The van der Waals surface area contributed by atoms with Crippen molar-refractivity contribution in [3.63, 3.8) is 0 Å². The van der Waals surface area contributed by atoms with Crippen LogP contribution in [0.3, 0.4) is 0 Å². The smallest absolute Gasteiger partial charge is 0.304 e. The molecule has 2 aromatic carbocycles. The molecule has 150 valence electrons. The largest absolute Gasteiger partial charge is 0.435 e. The SMILES string of the molecule is CC(=O)O[C@@H]1O[C@@H](C)[C@H](OCc2ccccc2)[C@@H](OCc2ccccc2)[C@H]1I. The van der Waals surface area contributed by atoms with Gasteiger partial charge in [-0.05, 0) is 18.1 Å². The predicted octanol–water partition coefficient (Wildman–Crippen LogP) is 4.27. The van der Waals surface area contributed by atoms with Gasteiger partial charge in [-0.2, -0.15) is 0 Å². The molecule has 3 rings (SSSR count). The summed E-state index contributed by atoms with van der Waals surface area (Å²) in [5.74, 6) is -0.371. The van der Waals surface area contributed by atoms with Gasteiger partial charge in [-0.1, -0.05) is 83.3 Å². The van der Waals surface area contributed by atoms with E-state index in [1.165, 1.54) is 6.92 Å². The average molecular weight is 496 g/mol. The van der Waals surface area contributed by atoms with E-state index in [1.54, 1.807) is 0 Å². The molecule has 6 heteroatoms. The summed E-state index contributed by atoms with van der Waals surface area (Å²) in [5, 5.41) is 0. The van der Waals surface area contributed by atoms with Gasteiger partial charge in [0.1, 0.15) is 16.1 Å². The Bertz CT molecular complexity index is 739. The Morgan fingerprint density at radius 2 is 1.43 bits per heavy atom. The molecule has 0 unspecified atom stereocenters. The van der Waals surface area contributed by atoms with Gasteiger partial charge < -0.3 is 18.9 Å². The van der Waals surface area contributed by atoms with E-state index >= 15 is 0 Å². The highest BCUT2D eigenvalue weighted by Crippen LogP contribution is 2.32. The number of benzene rings is 2. The van der Waals surface area contributed by atoms with E-state index in [1.807, 2.05) is 67.6 Å². The fraction of sp³-hybridized carbons (Fsp3) is 0.409. The molecule has 5 nitrogen and oxygen atoms in total. The maximum absolute atomic E-state index is 11.5. The van der Waals surface area contributed by atoms with E-state index in [4.69, 9.17) is 18.9 Å². The Labute approximate surface area is 179 Å². The zero-order valence-electron chi connectivity index (χ0n) is 16.0. The van der Waals surface area contributed by atoms with Crippen molar-refractivity contribution < 1.29 is 23.7 Å². The normalized spacial score (nSPS) is 27.3. The third-order valence-electron chi connectivity index (χ3n) is 4.56. The molecule has 0 saturated carbocycles. The van der Waals surface area contributed by atoms with E-state index in [-0.39, 0.29) is 28.2 Å². The molecular weight excluding hydrogens is 471 g/mol. The van der Waals surface area contributed by atoms with Crippen LogP contribution in [0.5, 0.6) is 0 Å². The van der Waals surface area contributed by atoms with Crippen LogP contribution in [-0.2, 0) is 37.0 Å². The molecule has 0 aromatic heterocycles. The van der Waals surface area contributed by atoms with Crippen LogP contribution in [0.2, 0.25) is 0 Å². The Morgan fingerprint density at radius 1 is 0.929 bits per heavy atom. The van der Waals surface area contributed by atoms with Gasteiger partial charge in [-0.15, -0.1) is 0 Å².